The Balaban J connectivity index is 1.70. The Morgan fingerprint density at radius 3 is 2.79 bits per heavy atom. The van der Waals surface area contributed by atoms with Gasteiger partial charge in [-0.2, -0.15) is 15.0 Å². The van der Waals surface area contributed by atoms with E-state index in [-0.39, 0.29) is 18.5 Å². The number of imidazole rings is 1. The fourth-order valence-electron chi connectivity index (χ4n) is 2.97. The Bertz CT molecular complexity index is 1140. The zero-order valence-corrected chi connectivity index (χ0v) is 15.0. The number of aliphatic hydroxyl groups excluding tert-OH is 1. The molecule has 1 atom stereocenters. The van der Waals surface area contributed by atoms with Crippen molar-refractivity contribution in [2.24, 2.45) is 0 Å². The van der Waals surface area contributed by atoms with Crippen molar-refractivity contribution in [2.45, 2.75) is 13.0 Å². The van der Waals surface area contributed by atoms with Crippen molar-refractivity contribution in [1.29, 1.82) is 0 Å². The van der Waals surface area contributed by atoms with Gasteiger partial charge in [-0.25, -0.2) is 9.37 Å². The van der Waals surface area contributed by atoms with Crippen LogP contribution in [0.15, 0.2) is 48.8 Å². The van der Waals surface area contributed by atoms with Gasteiger partial charge in [-0.1, -0.05) is 18.2 Å². The predicted molar refractivity (Wildman–Crippen MR) is 103 cm³/mol. The Labute approximate surface area is 159 Å². The third-order valence-corrected chi connectivity index (χ3v) is 4.39. The molecule has 4 rings (SSSR count). The second-order valence-corrected chi connectivity index (χ2v) is 6.26. The third kappa shape index (κ3) is 3.35. The Hall–Kier alpha value is -3.59. The maximum absolute atomic E-state index is 14.1. The fraction of sp³-hybridized carbons (Fsp3) is 0.158. The van der Waals surface area contributed by atoms with Crippen molar-refractivity contribution < 1.29 is 9.50 Å². The molecule has 9 heteroatoms. The number of hydrogen-bond acceptors (Lipinski definition) is 7. The van der Waals surface area contributed by atoms with Gasteiger partial charge in [-0.05, 0) is 25.1 Å². The standard InChI is InChI=1S/C19H18FN7O/c1-11-22-8-13-7-6-12(9-27(11)13)17-24-18(21)26-19(25-17)23-16(10-28)14-4-2-3-5-15(14)20/h2-9,16,28H,10H2,1H3,(H3,21,23,24,25,26)/t16-/m0/s1. The lowest BCUT2D eigenvalue weighted by Crippen LogP contribution is -2.19. The van der Waals surface area contributed by atoms with Crippen molar-refractivity contribution in [3.05, 3.63) is 66.0 Å². The number of aryl methyl sites for hydroxylation is 1. The van der Waals surface area contributed by atoms with Gasteiger partial charge in [0.15, 0.2) is 5.82 Å². The van der Waals surface area contributed by atoms with Crippen LogP contribution in [0.4, 0.5) is 16.3 Å². The minimum Gasteiger partial charge on any atom is -0.394 e. The monoisotopic (exact) mass is 379 g/mol. The fourth-order valence-corrected chi connectivity index (χ4v) is 2.97. The van der Waals surface area contributed by atoms with E-state index in [1.165, 1.54) is 6.07 Å². The molecule has 142 valence electrons. The van der Waals surface area contributed by atoms with E-state index < -0.39 is 11.9 Å². The minimum absolute atomic E-state index is 0.0140. The topological polar surface area (TPSA) is 114 Å². The summed E-state index contributed by atoms with van der Waals surface area (Å²) in [6.07, 6.45) is 3.63. The maximum atomic E-state index is 14.1. The highest BCUT2D eigenvalue weighted by Crippen LogP contribution is 2.23. The molecule has 8 nitrogen and oxygen atoms in total. The summed E-state index contributed by atoms with van der Waals surface area (Å²) in [5.41, 5.74) is 7.82. The third-order valence-electron chi connectivity index (χ3n) is 4.39. The van der Waals surface area contributed by atoms with Crippen LogP contribution >= 0.6 is 0 Å². The highest BCUT2D eigenvalue weighted by Gasteiger charge is 2.17. The van der Waals surface area contributed by atoms with E-state index >= 15 is 0 Å². The van der Waals surface area contributed by atoms with Crippen molar-refractivity contribution in [1.82, 2.24) is 24.3 Å². The first-order valence-electron chi connectivity index (χ1n) is 8.62. The van der Waals surface area contributed by atoms with Crippen LogP contribution in [0.5, 0.6) is 0 Å². The molecule has 0 aliphatic carbocycles. The number of pyridine rings is 1. The normalized spacial score (nSPS) is 12.2. The molecule has 28 heavy (non-hydrogen) atoms. The Morgan fingerprint density at radius 1 is 1.18 bits per heavy atom. The lowest BCUT2D eigenvalue weighted by molar-refractivity contribution is 0.273. The number of halogens is 1. The second kappa shape index (κ2) is 7.20. The van der Waals surface area contributed by atoms with Crippen LogP contribution in [-0.2, 0) is 0 Å². The van der Waals surface area contributed by atoms with Gasteiger partial charge < -0.3 is 20.6 Å². The van der Waals surface area contributed by atoms with E-state index in [0.29, 0.717) is 11.4 Å². The number of aliphatic hydroxyl groups is 1. The summed E-state index contributed by atoms with van der Waals surface area (Å²) in [6.45, 7) is 1.55. The van der Waals surface area contributed by atoms with Gasteiger partial charge >= 0.3 is 0 Å². The molecule has 4 aromatic rings. The van der Waals surface area contributed by atoms with Crippen LogP contribution in [0.3, 0.4) is 0 Å². The van der Waals surface area contributed by atoms with E-state index in [1.807, 2.05) is 29.7 Å². The summed E-state index contributed by atoms with van der Waals surface area (Å²) in [5.74, 6) is 0.914. The zero-order valence-electron chi connectivity index (χ0n) is 15.0. The van der Waals surface area contributed by atoms with Crippen LogP contribution in [0.2, 0.25) is 0 Å². The highest BCUT2D eigenvalue weighted by atomic mass is 19.1. The summed E-state index contributed by atoms with van der Waals surface area (Å²) < 4.78 is 16.0. The number of anilines is 2. The quantitative estimate of drug-likeness (QED) is 0.488. The maximum Gasteiger partial charge on any atom is 0.228 e. The molecule has 0 amide bonds. The number of nitrogens with one attached hydrogen (secondary N) is 1. The number of nitrogens with two attached hydrogens (primary N) is 1. The molecule has 0 unspecified atom stereocenters. The van der Waals surface area contributed by atoms with Crippen molar-refractivity contribution in [2.75, 3.05) is 17.7 Å². The molecular weight excluding hydrogens is 361 g/mol. The summed E-state index contributed by atoms with van der Waals surface area (Å²) in [4.78, 5) is 16.9. The molecule has 0 saturated heterocycles. The summed E-state index contributed by atoms with van der Waals surface area (Å²) in [6, 6.07) is 9.22. The number of benzene rings is 1. The van der Waals surface area contributed by atoms with Gasteiger partial charge in [0, 0.05) is 17.3 Å². The van der Waals surface area contributed by atoms with Gasteiger partial charge in [0.25, 0.3) is 0 Å². The molecular formula is C19H18FN7O. The van der Waals surface area contributed by atoms with Gasteiger partial charge in [0.2, 0.25) is 11.9 Å². The first kappa shape index (κ1) is 17.8. The average Bonchev–Trinajstić information content (AvgIpc) is 3.07. The molecule has 1 aromatic carbocycles. The lowest BCUT2D eigenvalue weighted by Gasteiger charge is -2.17. The molecule has 4 N–H and O–H groups in total. The minimum atomic E-state index is -0.728. The van der Waals surface area contributed by atoms with E-state index in [2.05, 4.69) is 25.3 Å². The number of rotatable bonds is 5. The summed E-state index contributed by atoms with van der Waals surface area (Å²) in [7, 11) is 0. The number of hydrogen-bond donors (Lipinski definition) is 3. The smallest absolute Gasteiger partial charge is 0.228 e. The first-order chi connectivity index (χ1) is 13.5. The van der Waals surface area contributed by atoms with E-state index in [9.17, 15) is 9.50 Å². The number of nitrogens with zero attached hydrogens (tertiary/aromatic N) is 5. The van der Waals surface area contributed by atoms with Gasteiger partial charge in [0.1, 0.15) is 11.6 Å². The Kier molecular flexibility index (Phi) is 4.58. The molecule has 0 saturated carbocycles. The molecule has 0 aliphatic heterocycles. The van der Waals surface area contributed by atoms with Crippen LogP contribution in [0.1, 0.15) is 17.4 Å². The SMILES string of the molecule is Cc1ncc2ccc(-c3nc(N)nc(N[C@@H](CO)c4ccccc4F)n3)cn12. The first-order valence-corrected chi connectivity index (χ1v) is 8.62. The number of fused-ring (bicyclic) bond motifs is 1. The van der Waals surface area contributed by atoms with E-state index in [4.69, 9.17) is 5.73 Å². The van der Waals surface area contributed by atoms with Crippen molar-refractivity contribution in [3.63, 3.8) is 0 Å². The highest BCUT2D eigenvalue weighted by molar-refractivity contribution is 5.61. The van der Waals surface area contributed by atoms with Crippen LogP contribution in [0, 0.1) is 12.7 Å². The van der Waals surface area contributed by atoms with Gasteiger partial charge in [-0.15, -0.1) is 0 Å². The predicted octanol–water partition coefficient (Wildman–Crippen LogP) is 2.36. The number of nitrogen functional groups attached to an aromatic ring is 1. The van der Waals surface area contributed by atoms with Crippen LogP contribution < -0.4 is 11.1 Å². The van der Waals surface area contributed by atoms with Crippen LogP contribution in [-0.4, -0.2) is 36.1 Å². The summed E-state index contributed by atoms with van der Waals surface area (Å²) >= 11 is 0. The molecule has 0 radical (unpaired) electrons. The molecule has 3 aromatic heterocycles. The largest absolute Gasteiger partial charge is 0.394 e. The van der Waals surface area contributed by atoms with E-state index in [0.717, 1.165) is 16.9 Å². The van der Waals surface area contributed by atoms with Crippen LogP contribution in [0.25, 0.3) is 16.9 Å². The summed E-state index contributed by atoms with van der Waals surface area (Å²) in [5, 5.41) is 12.6. The van der Waals surface area contributed by atoms with Crippen molar-refractivity contribution >= 4 is 17.4 Å². The van der Waals surface area contributed by atoms with Crippen molar-refractivity contribution in [3.8, 4) is 11.4 Å². The molecule has 0 spiro atoms. The lowest BCUT2D eigenvalue weighted by atomic mass is 10.1. The average molecular weight is 379 g/mol. The van der Waals surface area contributed by atoms with Gasteiger partial charge in [-0.3, -0.25) is 0 Å². The molecule has 0 aliphatic rings. The second-order valence-electron chi connectivity index (χ2n) is 6.26. The Morgan fingerprint density at radius 2 is 2.00 bits per heavy atom. The molecule has 3 heterocycles. The van der Waals surface area contributed by atoms with Gasteiger partial charge in [0.05, 0.1) is 24.4 Å². The van der Waals surface area contributed by atoms with E-state index in [1.54, 1.807) is 24.4 Å². The molecule has 0 fully saturated rings. The number of aromatic nitrogens is 5. The zero-order chi connectivity index (χ0) is 19.7. The molecule has 0 bridgehead atoms.